The summed E-state index contributed by atoms with van der Waals surface area (Å²) < 4.78 is 5.81. The third-order valence-electron chi connectivity index (χ3n) is 2.62. The van der Waals surface area contributed by atoms with E-state index in [1.165, 1.54) is 0 Å². The highest BCUT2D eigenvalue weighted by atomic mass is 16.5. The van der Waals surface area contributed by atoms with E-state index in [1.54, 1.807) is 20.8 Å². The molecule has 0 aromatic carbocycles. The van der Waals surface area contributed by atoms with Gasteiger partial charge in [-0.1, -0.05) is 6.58 Å². The van der Waals surface area contributed by atoms with Gasteiger partial charge in [-0.05, 0) is 20.8 Å². The van der Waals surface area contributed by atoms with Crippen LogP contribution in [-0.4, -0.2) is 22.4 Å². The van der Waals surface area contributed by atoms with Gasteiger partial charge in [0.1, 0.15) is 0 Å². The summed E-state index contributed by atoms with van der Waals surface area (Å²) in [5.41, 5.74) is 0.132. The average molecular weight is 252 g/mol. The van der Waals surface area contributed by atoms with E-state index >= 15 is 0 Å². The van der Waals surface area contributed by atoms with Gasteiger partial charge in [-0.25, -0.2) is 9.48 Å². The van der Waals surface area contributed by atoms with Crippen molar-refractivity contribution in [3.8, 4) is 0 Å². The number of nitrogens with zero attached hydrogens (tertiary/aromatic N) is 1. The highest BCUT2D eigenvalue weighted by molar-refractivity contribution is 5.87. The minimum Gasteiger partial charge on any atom is -0.463 e. The fraction of sp³-hybridized carbons (Fsp3) is 0.417. The van der Waals surface area contributed by atoms with E-state index in [2.05, 4.69) is 11.7 Å². The molecule has 0 fully saturated rings. The molecule has 0 saturated carbocycles. The van der Waals surface area contributed by atoms with Crippen molar-refractivity contribution in [2.75, 3.05) is 6.61 Å². The summed E-state index contributed by atoms with van der Waals surface area (Å²) in [5, 5.41) is 2.39. The van der Waals surface area contributed by atoms with E-state index in [0.717, 1.165) is 4.68 Å². The van der Waals surface area contributed by atoms with Crippen molar-refractivity contribution in [2.24, 2.45) is 0 Å². The highest BCUT2D eigenvalue weighted by Crippen LogP contribution is 1.98. The second kappa shape index (κ2) is 5.48. The van der Waals surface area contributed by atoms with E-state index in [-0.39, 0.29) is 29.8 Å². The molecule has 0 aliphatic carbocycles. The first-order chi connectivity index (χ1) is 8.38. The molecule has 0 atom stereocenters. The van der Waals surface area contributed by atoms with Gasteiger partial charge in [-0.15, -0.1) is 0 Å². The molecule has 1 rings (SSSR count). The lowest BCUT2D eigenvalue weighted by molar-refractivity contribution is -0.138. The van der Waals surface area contributed by atoms with Crippen LogP contribution in [0.5, 0.6) is 0 Å². The molecule has 0 spiro atoms. The van der Waals surface area contributed by atoms with Crippen LogP contribution in [-0.2, 0) is 16.1 Å². The molecule has 18 heavy (non-hydrogen) atoms. The highest BCUT2D eigenvalue weighted by Gasteiger charge is 2.12. The number of rotatable bonds is 4. The first-order valence-corrected chi connectivity index (χ1v) is 5.53. The molecule has 0 amide bonds. The zero-order valence-corrected chi connectivity index (χ0v) is 10.7. The number of esters is 1. The smallest absolute Gasteiger partial charge is 0.335 e. The molecule has 98 valence electrons. The van der Waals surface area contributed by atoms with Gasteiger partial charge in [-0.2, -0.15) is 0 Å². The number of hydrogen-bond acceptors (Lipinski definition) is 4. The van der Waals surface area contributed by atoms with Crippen LogP contribution in [0.15, 0.2) is 21.7 Å². The predicted octanol–water partition coefficient (Wildman–Crippen LogP) is 0.273. The Hall–Kier alpha value is -2.11. The molecule has 0 bridgehead atoms. The van der Waals surface area contributed by atoms with Gasteiger partial charge in [0.25, 0.3) is 11.1 Å². The first-order valence-electron chi connectivity index (χ1n) is 5.53. The molecule has 1 heterocycles. The van der Waals surface area contributed by atoms with Gasteiger partial charge in [0.05, 0.1) is 18.7 Å². The number of H-pyrrole nitrogens is 1. The lowest BCUT2D eigenvalue weighted by Gasteiger charge is -2.09. The fourth-order valence-electron chi connectivity index (χ4n) is 1.39. The SMILES string of the molecule is C=C(Cn1[nH]c(=O)c(C)c(C)c1=O)C(=O)OCC. The Bertz CT molecular complexity index is 595. The summed E-state index contributed by atoms with van der Waals surface area (Å²) in [6.07, 6.45) is 0. The topological polar surface area (TPSA) is 81.2 Å². The maximum Gasteiger partial charge on any atom is 0.335 e. The zero-order valence-electron chi connectivity index (χ0n) is 10.7. The largest absolute Gasteiger partial charge is 0.463 e. The molecule has 6 nitrogen and oxygen atoms in total. The molecule has 0 saturated heterocycles. The molecule has 1 N–H and O–H groups in total. The normalized spacial score (nSPS) is 10.2. The van der Waals surface area contributed by atoms with Gasteiger partial charge < -0.3 is 4.74 Å². The molecular formula is C12H16N2O4. The average Bonchev–Trinajstić information content (AvgIpc) is 2.33. The van der Waals surface area contributed by atoms with Crippen LogP contribution < -0.4 is 11.1 Å². The molecule has 0 unspecified atom stereocenters. The van der Waals surface area contributed by atoms with Crippen molar-refractivity contribution in [3.63, 3.8) is 0 Å². The predicted molar refractivity (Wildman–Crippen MR) is 66.6 cm³/mol. The molecule has 0 aliphatic heterocycles. The van der Waals surface area contributed by atoms with Crippen molar-refractivity contribution in [1.82, 2.24) is 9.78 Å². The monoisotopic (exact) mass is 252 g/mol. The Morgan fingerprint density at radius 1 is 1.33 bits per heavy atom. The van der Waals surface area contributed by atoms with Crippen LogP contribution in [0, 0.1) is 13.8 Å². The number of aromatic amines is 1. The van der Waals surface area contributed by atoms with Crippen molar-refractivity contribution in [2.45, 2.75) is 27.3 Å². The molecule has 1 aromatic rings. The van der Waals surface area contributed by atoms with Crippen LogP contribution in [0.25, 0.3) is 0 Å². The summed E-state index contributed by atoms with van der Waals surface area (Å²) in [6.45, 7) is 8.49. The summed E-state index contributed by atoms with van der Waals surface area (Å²) in [6, 6.07) is 0. The quantitative estimate of drug-likeness (QED) is 0.616. The van der Waals surface area contributed by atoms with Crippen molar-refractivity contribution < 1.29 is 9.53 Å². The molecule has 0 radical (unpaired) electrons. The number of aromatic nitrogens is 2. The van der Waals surface area contributed by atoms with Crippen LogP contribution in [0.3, 0.4) is 0 Å². The standard InChI is InChI=1S/C12H16N2O4/c1-5-18-12(17)7(2)6-14-11(16)9(4)8(3)10(15)13-14/h2,5-6H2,1,3-4H3,(H,13,15). The number of ether oxygens (including phenoxy) is 1. The second-order valence-corrected chi connectivity index (χ2v) is 3.91. The minimum absolute atomic E-state index is 0.0893. The Morgan fingerprint density at radius 3 is 2.50 bits per heavy atom. The Labute approximate surface area is 104 Å². The van der Waals surface area contributed by atoms with Gasteiger partial charge in [0, 0.05) is 11.1 Å². The van der Waals surface area contributed by atoms with Gasteiger partial charge >= 0.3 is 5.97 Å². The first kappa shape index (κ1) is 14.0. The Kier molecular flexibility index (Phi) is 4.25. The molecule has 6 heteroatoms. The summed E-state index contributed by atoms with van der Waals surface area (Å²) >= 11 is 0. The number of carbonyl (C=O) groups excluding carboxylic acids is 1. The lowest BCUT2D eigenvalue weighted by Crippen LogP contribution is -2.34. The molecule has 1 aromatic heterocycles. The van der Waals surface area contributed by atoms with E-state index < -0.39 is 5.97 Å². The molecule has 0 aliphatic rings. The summed E-state index contributed by atoms with van der Waals surface area (Å²) in [4.78, 5) is 34.8. The Morgan fingerprint density at radius 2 is 1.94 bits per heavy atom. The van der Waals surface area contributed by atoms with Crippen molar-refractivity contribution in [1.29, 1.82) is 0 Å². The van der Waals surface area contributed by atoms with Crippen molar-refractivity contribution in [3.05, 3.63) is 44.0 Å². The van der Waals surface area contributed by atoms with Gasteiger partial charge in [0.15, 0.2) is 0 Å². The van der Waals surface area contributed by atoms with Crippen LogP contribution in [0.1, 0.15) is 18.1 Å². The van der Waals surface area contributed by atoms with Crippen LogP contribution in [0.2, 0.25) is 0 Å². The second-order valence-electron chi connectivity index (χ2n) is 3.91. The number of nitrogens with one attached hydrogen (secondary N) is 1. The molecular weight excluding hydrogens is 236 g/mol. The van der Waals surface area contributed by atoms with E-state index in [1.807, 2.05) is 0 Å². The van der Waals surface area contributed by atoms with E-state index in [0.29, 0.717) is 11.1 Å². The third-order valence-corrected chi connectivity index (χ3v) is 2.62. The lowest BCUT2D eigenvalue weighted by atomic mass is 10.2. The summed E-state index contributed by atoms with van der Waals surface area (Å²) in [7, 11) is 0. The number of carbonyl (C=O) groups is 1. The van der Waals surface area contributed by atoms with Crippen LogP contribution >= 0.6 is 0 Å². The van der Waals surface area contributed by atoms with Crippen molar-refractivity contribution >= 4 is 5.97 Å². The summed E-state index contributed by atoms with van der Waals surface area (Å²) in [5.74, 6) is -0.580. The maximum absolute atomic E-state index is 11.9. The van der Waals surface area contributed by atoms with Gasteiger partial charge in [-0.3, -0.25) is 14.7 Å². The Balaban J connectivity index is 3.07. The van der Waals surface area contributed by atoms with Gasteiger partial charge in [0.2, 0.25) is 0 Å². The van der Waals surface area contributed by atoms with E-state index in [9.17, 15) is 14.4 Å². The third kappa shape index (κ3) is 2.77. The number of hydrogen-bond donors (Lipinski definition) is 1. The maximum atomic E-state index is 11.9. The van der Waals surface area contributed by atoms with Crippen LogP contribution in [0.4, 0.5) is 0 Å². The zero-order chi connectivity index (χ0) is 13.9. The van der Waals surface area contributed by atoms with E-state index in [4.69, 9.17) is 4.74 Å². The minimum atomic E-state index is -0.580. The fourth-order valence-corrected chi connectivity index (χ4v) is 1.39.